The molecule has 2 heterocycles. The van der Waals surface area contributed by atoms with Crippen LogP contribution in [0, 0.1) is 0 Å². The van der Waals surface area contributed by atoms with Gasteiger partial charge in [0.25, 0.3) is 5.91 Å². The Hall–Kier alpha value is -2.29. The summed E-state index contributed by atoms with van der Waals surface area (Å²) in [5.74, 6) is -0.621. The number of thiophene rings is 1. The number of carbonyl (C=O) groups is 2. The van der Waals surface area contributed by atoms with Crippen LogP contribution in [0.1, 0.15) is 45.2 Å². The number of benzene rings is 1. The van der Waals surface area contributed by atoms with Gasteiger partial charge in [0.1, 0.15) is 10.0 Å². The zero-order valence-corrected chi connectivity index (χ0v) is 17.5. The summed E-state index contributed by atoms with van der Waals surface area (Å²) in [5, 5.41) is 4.47. The van der Waals surface area contributed by atoms with Crippen LogP contribution in [0.3, 0.4) is 0 Å². The fourth-order valence-corrected chi connectivity index (χ4v) is 5.94. The van der Waals surface area contributed by atoms with Gasteiger partial charge >= 0.3 is 0 Å². The quantitative estimate of drug-likeness (QED) is 0.645. The minimum atomic E-state index is -0.467. The summed E-state index contributed by atoms with van der Waals surface area (Å²) in [5.41, 5.74) is 8.06. The number of para-hydroxylation sites is 1. The van der Waals surface area contributed by atoms with Gasteiger partial charge in [-0.1, -0.05) is 12.1 Å². The van der Waals surface area contributed by atoms with Crippen LogP contribution >= 0.6 is 22.7 Å². The number of thiazole rings is 1. The van der Waals surface area contributed by atoms with Gasteiger partial charge in [-0.05, 0) is 50.9 Å². The van der Waals surface area contributed by atoms with E-state index in [-0.39, 0.29) is 18.5 Å². The Labute approximate surface area is 171 Å². The van der Waals surface area contributed by atoms with Gasteiger partial charge in [0, 0.05) is 4.88 Å². The molecule has 28 heavy (non-hydrogen) atoms. The van der Waals surface area contributed by atoms with Crippen molar-refractivity contribution in [1.29, 1.82) is 0 Å². The van der Waals surface area contributed by atoms with Gasteiger partial charge in [-0.25, -0.2) is 4.98 Å². The van der Waals surface area contributed by atoms with Crippen molar-refractivity contribution < 1.29 is 9.59 Å². The molecule has 0 bridgehead atoms. The van der Waals surface area contributed by atoms with E-state index in [1.54, 1.807) is 11.3 Å². The average molecular weight is 415 g/mol. The van der Waals surface area contributed by atoms with Crippen LogP contribution in [0.15, 0.2) is 24.3 Å². The van der Waals surface area contributed by atoms with E-state index in [0.717, 1.165) is 40.1 Å². The zero-order chi connectivity index (χ0) is 19.8. The Morgan fingerprint density at radius 3 is 2.82 bits per heavy atom. The second kappa shape index (κ2) is 7.62. The lowest BCUT2D eigenvalue weighted by molar-refractivity contribution is -0.117. The van der Waals surface area contributed by atoms with Crippen molar-refractivity contribution in [2.45, 2.75) is 32.2 Å². The van der Waals surface area contributed by atoms with E-state index in [2.05, 4.69) is 16.4 Å². The van der Waals surface area contributed by atoms with Gasteiger partial charge in [-0.2, -0.15) is 0 Å². The number of nitrogens with two attached hydrogens (primary N) is 1. The number of primary amides is 1. The zero-order valence-electron chi connectivity index (χ0n) is 15.8. The summed E-state index contributed by atoms with van der Waals surface area (Å²) in [6, 6.07) is 8.03. The molecule has 8 heteroatoms. The minimum Gasteiger partial charge on any atom is -0.365 e. The van der Waals surface area contributed by atoms with Gasteiger partial charge in [0.05, 0.1) is 28.4 Å². The molecule has 0 unspecified atom stereocenters. The maximum Gasteiger partial charge on any atom is 0.251 e. The lowest BCUT2D eigenvalue weighted by Crippen LogP contribution is -2.32. The summed E-state index contributed by atoms with van der Waals surface area (Å²) in [6.07, 6.45) is 2.84. The van der Waals surface area contributed by atoms with E-state index in [4.69, 9.17) is 5.73 Å². The molecule has 2 aromatic heterocycles. The topological polar surface area (TPSA) is 88.3 Å². The summed E-state index contributed by atoms with van der Waals surface area (Å²) in [4.78, 5) is 32.3. The highest BCUT2D eigenvalue weighted by atomic mass is 32.1. The van der Waals surface area contributed by atoms with Crippen LogP contribution < -0.4 is 11.1 Å². The molecule has 0 saturated carbocycles. The van der Waals surface area contributed by atoms with Crippen LogP contribution in [0.2, 0.25) is 0 Å². The summed E-state index contributed by atoms with van der Waals surface area (Å²) < 4.78 is 1.14. The third-order valence-electron chi connectivity index (χ3n) is 5.14. The van der Waals surface area contributed by atoms with Crippen LogP contribution in [0.25, 0.3) is 10.2 Å². The number of hydrogen-bond donors (Lipinski definition) is 2. The third kappa shape index (κ3) is 3.55. The molecular formula is C20H22N4O2S2. The van der Waals surface area contributed by atoms with Crippen LogP contribution in [0.5, 0.6) is 0 Å². The number of nitrogens with zero attached hydrogens (tertiary/aromatic N) is 2. The molecule has 3 aromatic rings. The Morgan fingerprint density at radius 2 is 2.07 bits per heavy atom. The van der Waals surface area contributed by atoms with Crippen molar-refractivity contribution in [1.82, 2.24) is 9.88 Å². The molecule has 0 aliphatic heterocycles. The molecule has 1 aliphatic carbocycles. The molecule has 4 rings (SSSR count). The molecule has 1 aliphatic rings. The van der Waals surface area contributed by atoms with Crippen molar-refractivity contribution in [3.63, 3.8) is 0 Å². The van der Waals surface area contributed by atoms with E-state index in [0.29, 0.717) is 10.6 Å². The van der Waals surface area contributed by atoms with Crippen LogP contribution in [-0.2, 0) is 17.6 Å². The smallest absolute Gasteiger partial charge is 0.251 e. The fraction of sp³-hybridized carbons (Fsp3) is 0.350. The van der Waals surface area contributed by atoms with E-state index in [1.807, 2.05) is 37.1 Å². The highest BCUT2D eigenvalue weighted by molar-refractivity contribution is 7.18. The molecule has 146 valence electrons. The Morgan fingerprint density at radius 1 is 1.29 bits per heavy atom. The standard InChI is InChI=1S/C20H22N4O2S2/c1-11(19-22-13-7-3-4-8-15(13)28-19)24(2)10-16(25)23-20-17(18(21)26)12-6-5-9-14(12)27-20/h3-4,7-8,11H,5-6,9-10H2,1-2H3,(H2,21,26)(H,23,25)/t11-/m0/s1. The average Bonchev–Trinajstić information content (AvgIpc) is 3.33. The molecular weight excluding hydrogens is 392 g/mol. The summed E-state index contributed by atoms with van der Waals surface area (Å²) in [6.45, 7) is 2.25. The molecule has 6 nitrogen and oxygen atoms in total. The predicted octanol–water partition coefficient (Wildman–Crippen LogP) is 3.58. The summed E-state index contributed by atoms with van der Waals surface area (Å²) >= 11 is 3.12. The Bertz CT molecular complexity index is 1020. The molecule has 0 fully saturated rings. The van der Waals surface area contributed by atoms with E-state index >= 15 is 0 Å². The first-order valence-electron chi connectivity index (χ1n) is 9.24. The third-order valence-corrected chi connectivity index (χ3v) is 7.56. The van der Waals surface area contributed by atoms with Crippen molar-refractivity contribution in [3.8, 4) is 0 Å². The number of aryl methyl sites for hydroxylation is 1. The number of aromatic nitrogens is 1. The first-order chi connectivity index (χ1) is 13.4. The minimum absolute atomic E-state index is 0.00658. The lowest BCUT2D eigenvalue weighted by atomic mass is 10.1. The molecule has 3 N–H and O–H groups in total. The maximum absolute atomic E-state index is 12.6. The predicted molar refractivity (Wildman–Crippen MR) is 114 cm³/mol. The number of likely N-dealkylation sites (N-methyl/N-ethyl adjacent to an activating group) is 1. The number of anilines is 1. The molecule has 2 amide bonds. The van der Waals surface area contributed by atoms with Crippen LogP contribution in [-0.4, -0.2) is 35.3 Å². The van der Waals surface area contributed by atoms with Gasteiger partial charge < -0.3 is 11.1 Å². The number of carbonyl (C=O) groups excluding carboxylic acids is 2. The monoisotopic (exact) mass is 414 g/mol. The van der Waals surface area contributed by atoms with Gasteiger partial charge in [0.15, 0.2) is 0 Å². The van der Waals surface area contributed by atoms with Crippen molar-refractivity contribution in [3.05, 3.63) is 45.3 Å². The van der Waals surface area contributed by atoms with Crippen molar-refractivity contribution >= 4 is 49.7 Å². The van der Waals surface area contributed by atoms with Crippen molar-refractivity contribution in [2.24, 2.45) is 5.73 Å². The molecule has 1 atom stereocenters. The SMILES string of the molecule is C[C@@H](c1nc2ccccc2s1)N(C)CC(=O)Nc1sc2c(c1C(N)=O)CCC2. The Kier molecular flexibility index (Phi) is 5.18. The molecule has 0 saturated heterocycles. The number of amides is 2. The highest BCUT2D eigenvalue weighted by Gasteiger charge is 2.26. The second-order valence-corrected chi connectivity index (χ2v) is 9.25. The molecule has 0 radical (unpaired) electrons. The highest BCUT2D eigenvalue weighted by Crippen LogP contribution is 2.38. The number of hydrogen-bond acceptors (Lipinski definition) is 6. The van der Waals surface area contributed by atoms with Gasteiger partial charge in [0.2, 0.25) is 5.91 Å². The van der Waals surface area contributed by atoms with E-state index in [1.165, 1.54) is 16.2 Å². The first-order valence-corrected chi connectivity index (χ1v) is 10.9. The van der Waals surface area contributed by atoms with Gasteiger partial charge in [-0.15, -0.1) is 22.7 Å². The second-order valence-electron chi connectivity index (χ2n) is 7.08. The van der Waals surface area contributed by atoms with Gasteiger partial charge in [-0.3, -0.25) is 14.5 Å². The Balaban J connectivity index is 1.45. The number of rotatable bonds is 6. The molecule has 0 spiro atoms. The lowest BCUT2D eigenvalue weighted by Gasteiger charge is -2.22. The summed E-state index contributed by atoms with van der Waals surface area (Å²) in [7, 11) is 1.90. The van der Waals surface area contributed by atoms with Crippen LogP contribution in [0.4, 0.5) is 5.00 Å². The van der Waals surface area contributed by atoms with Crippen molar-refractivity contribution in [2.75, 3.05) is 18.9 Å². The molecule has 1 aromatic carbocycles. The largest absolute Gasteiger partial charge is 0.365 e. The normalized spacial score (nSPS) is 14.4. The fourth-order valence-electron chi connectivity index (χ4n) is 3.54. The van der Waals surface area contributed by atoms with E-state index in [9.17, 15) is 9.59 Å². The van der Waals surface area contributed by atoms with E-state index < -0.39 is 5.91 Å². The number of fused-ring (bicyclic) bond motifs is 2. The first kappa shape index (κ1) is 19.0. The number of nitrogens with one attached hydrogen (secondary N) is 1. The maximum atomic E-state index is 12.6.